The molecule has 2 N–H and O–H groups in total. The van der Waals surface area contributed by atoms with Crippen molar-refractivity contribution in [1.29, 1.82) is 0 Å². The van der Waals surface area contributed by atoms with E-state index in [1.807, 2.05) is 51.1 Å². The summed E-state index contributed by atoms with van der Waals surface area (Å²) in [6.45, 7) is 6.21. The van der Waals surface area contributed by atoms with Crippen LogP contribution in [0.5, 0.6) is 0 Å². The highest BCUT2D eigenvalue weighted by Gasteiger charge is 2.17. The molecule has 106 valence electrons. The number of carbonyl (C=O) groups excluding carboxylic acids is 1. The summed E-state index contributed by atoms with van der Waals surface area (Å²) in [6, 6.07) is 9.71. The third kappa shape index (κ3) is 7.23. The number of ether oxygens (including phenoxy) is 1. The lowest BCUT2D eigenvalue weighted by Crippen LogP contribution is -2.35. The van der Waals surface area contributed by atoms with Crippen molar-refractivity contribution in [2.45, 2.75) is 32.9 Å². The van der Waals surface area contributed by atoms with Gasteiger partial charge in [-0.05, 0) is 19.4 Å². The molecule has 19 heavy (non-hydrogen) atoms. The predicted molar refractivity (Wildman–Crippen MR) is 81.0 cm³/mol. The topological polar surface area (TPSA) is 52.3 Å². The smallest absolute Gasteiger partial charge is 0.309 e. The number of thioether (sulfide) groups is 1. The summed E-state index contributed by atoms with van der Waals surface area (Å²) < 4.78 is 5.29. The van der Waals surface area contributed by atoms with Crippen molar-refractivity contribution in [1.82, 2.24) is 0 Å². The van der Waals surface area contributed by atoms with E-state index in [9.17, 15) is 4.79 Å². The Hall–Kier alpha value is -1.00. The molecule has 0 aliphatic carbocycles. The van der Waals surface area contributed by atoms with Crippen LogP contribution in [-0.4, -0.2) is 23.0 Å². The highest BCUT2D eigenvalue weighted by Crippen LogP contribution is 2.15. The minimum atomic E-state index is -0.196. The molecule has 4 heteroatoms. The van der Waals surface area contributed by atoms with Crippen molar-refractivity contribution in [3.63, 3.8) is 0 Å². The third-order valence-corrected chi connectivity index (χ3v) is 4.15. The number of hydrogen-bond acceptors (Lipinski definition) is 4. The summed E-state index contributed by atoms with van der Waals surface area (Å²) in [6.07, 6.45) is 0. The minimum Gasteiger partial charge on any atom is -0.461 e. The van der Waals surface area contributed by atoms with Crippen LogP contribution in [0, 0.1) is 5.92 Å². The van der Waals surface area contributed by atoms with Crippen LogP contribution in [0.3, 0.4) is 0 Å². The van der Waals surface area contributed by atoms with Gasteiger partial charge in [-0.15, -0.1) is 0 Å². The molecular formula is C15H23NO2S. The molecule has 1 rings (SSSR count). The van der Waals surface area contributed by atoms with E-state index in [4.69, 9.17) is 10.5 Å². The molecule has 1 unspecified atom stereocenters. The van der Waals surface area contributed by atoms with Gasteiger partial charge in [-0.1, -0.05) is 37.3 Å². The molecule has 0 saturated carbocycles. The fraction of sp³-hybridized carbons (Fsp3) is 0.533. The lowest BCUT2D eigenvalue weighted by molar-refractivity contribution is -0.148. The molecule has 0 heterocycles. The van der Waals surface area contributed by atoms with Gasteiger partial charge in [0.15, 0.2) is 0 Å². The van der Waals surface area contributed by atoms with Crippen LogP contribution in [-0.2, 0) is 16.1 Å². The van der Waals surface area contributed by atoms with Crippen LogP contribution in [0.1, 0.15) is 26.3 Å². The zero-order valence-corrected chi connectivity index (χ0v) is 12.7. The molecule has 0 aromatic heterocycles. The van der Waals surface area contributed by atoms with Crippen LogP contribution >= 0.6 is 11.8 Å². The Morgan fingerprint density at radius 2 is 2.00 bits per heavy atom. The van der Waals surface area contributed by atoms with E-state index in [0.29, 0.717) is 6.61 Å². The van der Waals surface area contributed by atoms with Crippen molar-refractivity contribution in [2.24, 2.45) is 11.7 Å². The van der Waals surface area contributed by atoms with E-state index in [1.165, 1.54) is 0 Å². The molecule has 0 radical (unpaired) electrons. The van der Waals surface area contributed by atoms with Crippen molar-refractivity contribution >= 4 is 17.7 Å². The van der Waals surface area contributed by atoms with Crippen LogP contribution in [0.15, 0.2) is 30.3 Å². The predicted octanol–water partition coefficient (Wildman–Crippen LogP) is 2.84. The van der Waals surface area contributed by atoms with Crippen LogP contribution in [0.4, 0.5) is 0 Å². The van der Waals surface area contributed by atoms with E-state index in [-0.39, 0.29) is 17.4 Å². The van der Waals surface area contributed by atoms with Gasteiger partial charge in [0.05, 0.1) is 5.92 Å². The summed E-state index contributed by atoms with van der Waals surface area (Å²) in [5.41, 5.74) is 6.71. The highest BCUT2D eigenvalue weighted by atomic mass is 32.2. The molecule has 1 aromatic carbocycles. The summed E-state index contributed by atoms with van der Waals surface area (Å²) >= 11 is 1.69. The number of nitrogens with two attached hydrogens (primary N) is 1. The Morgan fingerprint density at radius 1 is 1.37 bits per heavy atom. The van der Waals surface area contributed by atoms with Crippen molar-refractivity contribution in [2.75, 3.05) is 11.5 Å². The molecule has 3 nitrogen and oxygen atoms in total. The zero-order chi connectivity index (χ0) is 14.3. The van der Waals surface area contributed by atoms with E-state index in [0.717, 1.165) is 17.1 Å². The lowest BCUT2D eigenvalue weighted by atomic mass is 10.1. The summed E-state index contributed by atoms with van der Waals surface area (Å²) in [4.78, 5) is 11.8. The SMILES string of the molecule is CC(CSCC(C)(C)N)C(=O)OCc1ccccc1. The van der Waals surface area contributed by atoms with Crippen LogP contribution in [0.2, 0.25) is 0 Å². The molecule has 0 bridgehead atoms. The van der Waals surface area contributed by atoms with Gasteiger partial charge in [-0.3, -0.25) is 4.79 Å². The summed E-state index contributed by atoms with van der Waals surface area (Å²) in [7, 11) is 0. The fourth-order valence-electron chi connectivity index (χ4n) is 1.44. The molecule has 1 aromatic rings. The summed E-state index contributed by atoms with van der Waals surface area (Å²) in [5.74, 6) is 1.33. The maximum absolute atomic E-state index is 11.8. The maximum Gasteiger partial charge on any atom is 0.309 e. The second-order valence-electron chi connectivity index (χ2n) is 5.50. The Labute approximate surface area is 119 Å². The molecule has 0 aliphatic heterocycles. The molecule has 1 atom stereocenters. The first-order valence-corrected chi connectivity index (χ1v) is 7.61. The van der Waals surface area contributed by atoms with Crippen LogP contribution < -0.4 is 5.73 Å². The molecule has 0 saturated heterocycles. The Bertz CT molecular complexity index is 387. The van der Waals surface area contributed by atoms with Crippen molar-refractivity contribution in [3.8, 4) is 0 Å². The van der Waals surface area contributed by atoms with Gasteiger partial charge in [0, 0.05) is 17.0 Å². The monoisotopic (exact) mass is 281 g/mol. The molecule has 0 aliphatic rings. The lowest BCUT2D eigenvalue weighted by Gasteiger charge is -2.18. The first-order valence-electron chi connectivity index (χ1n) is 6.46. The summed E-state index contributed by atoms with van der Waals surface area (Å²) in [5, 5.41) is 0. The van der Waals surface area contributed by atoms with E-state index in [1.54, 1.807) is 11.8 Å². The Balaban J connectivity index is 2.25. The number of esters is 1. The molecule has 0 fully saturated rings. The third-order valence-electron chi connectivity index (χ3n) is 2.47. The quantitative estimate of drug-likeness (QED) is 0.781. The van der Waals surface area contributed by atoms with Gasteiger partial charge in [0.25, 0.3) is 0 Å². The first-order chi connectivity index (χ1) is 8.88. The zero-order valence-electron chi connectivity index (χ0n) is 11.9. The minimum absolute atomic E-state index is 0.101. The van der Waals surface area contributed by atoms with Crippen molar-refractivity contribution in [3.05, 3.63) is 35.9 Å². The first kappa shape index (κ1) is 16.1. The van der Waals surface area contributed by atoms with Gasteiger partial charge < -0.3 is 10.5 Å². The van der Waals surface area contributed by atoms with Gasteiger partial charge in [0.1, 0.15) is 6.61 Å². The molecular weight excluding hydrogens is 258 g/mol. The second kappa shape index (κ2) is 7.56. The Kier molecular flexibility index (Phi) is 6.38. The number of carbonyl (C=O) groups is 1. The van der Waals surface area contributed by atoms with E-state index >= 15 is 0 Å². The van der Waals surface area contributed by atoms with E-state index in [2.05, 4.69) is 0 Å². The maximum atomic E-state index is 11.8. The average molecular weight is 281 g/mol. The molecule has 0 amide bonds. The van der Waals surface area contributed by atoms with Gasteiger partial charge in [-0.25, -0.2) is 0 Å². The Morgan fingerprint density at radius 3 is 2.58 bits per heavy atom. The van der Waals surface area contributed by atoms with E-state index < -0.39 is 0 Å². The normalized spacial score (nSPS) is 13.1. The number of rotatable bonds is 7. The van der Waals surface area contributed by atoms with Gasteiger partial charge in [0.2, 0.25) is 0 Å². The van der Waals surface area contributed by atoms with Gasteiger partial charge in [-0.2, -0.15) is 11.8 Å². The standard InChI is InChI=1S/C15H23NO2S/c1-12(10-19-11-15(2,3)16)14(17)18-9-13-7-5-4-6-8-13/h4-8,12H,9-11,16H2,1-3H3. The fourth-order valence-corrected chi connectivity index (χ4v) is 2.57. The average Bonchev–Trinajstić information content (AvgIpc) is 2.35. The molecule has 0 spiro atoms. The van der Waals surface area contributed by atoms with Gasteiger partial charge >= 0.3 is 5.97 Å². The number of benzene rings is 1. The highest BCUT2D eigenvalue weighted by molar-refractivity contribution is 7.99. The second-order valence-corrected chi connectivity index (χ2v) is 6.53. The van der Waals surface area contributed by atoms with Crippen LogP contribution in [0.25, 0.3) is 0 Å². The van der Waals surface area contributed by atoms with Crippen molar-refractivity contribution < 1.29 is 9.53 Å². The largest absolute Gasteiger partial charge is 0.461 e. The number of hydrogen-bond donors (Lipinski definition) is 1.